The van der Waals surface area contributed by atoms with Gasteiger partial charge in [0.25, 0.3) is 0 Å². The van der Waals surface area contributed by atoms with Crippen LogP contribution in [0.15, 0.2) is 170 Å². The quantitative estimate of drug-likeness (QED) is 0.186. The smallest absolute Gasteiger partial charge is 0.119 e. The van der Waals surface area contributed by atoms with Gasteiger partial charge < -0.3 is 14.3 Å². The first-order valence-corrected chi connectivity index (χ1v) is 18.8. The summed E-state index contributed by atoms with van der Waals surface area (Å²) in [7, 11) is 1.70. The number of rotatable bonds is 6. The molecule has 0 amide bonds. The van der Waals surface area contributed by atoms with E-state index in [1.807, 2.05) is 12.1 Å². The Labute approximate surface area is 325 Å². The number of benzene rings is 5. The van der Waals surface area contributed by atoms with Gasteiger partial charge in [0.05, 0.1) is 40.9 Å². The molecule has 5 nitrogen and oxygen atoms in total. The summed E-state index contributed by atoms with van der Waals surface area (Å²) in [5.74, 6) is 0.794. The number of ether oxygens (including phenoxy) is 1. The Kier molecular flexibility index (Phi) is 8.30. The number of fused-ring (bicyclic) bond motifs is 8. The zero-order valence-corrected chi connectivity index (χ0v) is 30.7. The molecule has 8 aromatic rings. The van der Waals surface area contributed by atoms with E-state index in [1.165, 1.54) is 0 Å². The number of methoxy groups -OCH3 is 1. The third-order valence-electron chi connectivity index (χ3n) is 10.5. The van der Waals surface area contributed by atoms with E-state index in [0.29, 0.717) is 0 Å². The minimum Gasteiger partial charge on any atom is -0.497 e. The molecule has 10 rings (SSSR count). The molecule has 2 aliphatic heterocycles. The standard InChI is InChI=1S/C51H36N4O/c1-56-39-24-22-38(23-25-39)55-46-32-33-47(55)51(37-20-12-5-13-21-37)45-31-29-43(54-45)49(35-16-8-3-9-17-35)41-27-26-40(52-41)48(34-14-6-2-7-15-34)42-28-30-44(53-42)50(46)36-18-10-4-11-19-36/h2-33,52H,1H3. The minimum atomic E-state index is 0.794. The highest BCUT2D eigenvalue weighted by Gasteiger charge is 2.21. The number of hydrogen-bond acceptors (Lipinski definition) is 3. The number of nitrogens with zero attached hydrogens (tertiary/aromatic N) is 3. The number of aromatic amines is 1. The Balaban J connectivity index is 1.46. The molecule has 0 radical (unpaired) electrons. The van der Waals surface area contributed by atoms with Crippen molar-refractivity contribution in [3.05, 3.63) is 193 Å². The van der Waals surface area contributed by atoms with Crippen LogP contribution < -0.4 is 4.74 Å². The van der Waals surface area contributed by atoms with Crippen LogP contribution in [0.1, 0.15) is 22.8 Å². The van der Waals surface area contributed by atoms with Crippen molar-refractivity contribution >= 4 is 46.4 Å². The molecule has 3 aromatic heterocycles. The van der Waals surface area contributed by atoms with Gasteiger partial charge in [-0.25, -0.2) is 9.97 Å². The maximum absolute atomic E-state index is 5.62. The third kappa shape index (κ3) is 5.83. The monoisotopic (exact) mass is 720 g/mol. The molecule has 0 saturated heterocycles. The van der Waals surface area contributed by atoms with E-state index in [9.17, 15) is 0 Å². The number of hydrogen-bond donors (Lipinski definition) is 1. The molecular formula is C51H36N4O. The average Bonchev–Trinajstić information content (AvgIpc) is 4.10. The van der Waals surface area contributed by atoms with Gasteiger partial charge in [0.2, 0.25) is 0 Å². The highest BCUT2D eigenvalue weighted by molar-refractivity contribution is 6.00. The van der Waals surface area contributed by atoms with Gasteiger partial charge >= 0.3 is 0 Å². The molecule has 5 heteroatoms. The molecule has 1 N–H and O–H groups in total. The van der Waals surface area contributed by atoms with Gasteiger partial charge in [-0.2, -0.15) is 0 Å². The maximum atomic E-state index is 5.62. The molecule has 5 heterocycles. The maximum Gasteiger partial charge on any atom is 0.119 e. The molecule has 2 aliphatic rings. The zero-order valence-electron chi connectivity index (χ0n) is 30.7. The van der Waals surface area contributed by atoms with Crippen molar-refractivity contribution in [2.24, 2.45) is 0 Å². The van der Waals surface area contributed by atoms with E-state index >= 15 is 0 Å². The predicted octanol–water partition coefficient (Wildman–Crippen LogP) is 12.8. The summed E-state index contributed by atoms with van der Waals surface area (Å²) >= 11 is 0. The predicted molar refractivity (Wildman–Crippen MR) is 232 cm³/mol. The highest BCUT2D eigenvalue weighted by Crippen LogP contribution is 2.40. The van der Waals surface area contributed by atoms with Crippen LogP contribution in [-0.2, 0) is 0 Å². The number of aromatic nitrogens is 4. The first kappa shape index (κ1) is 33.1. The van der Waals surface area contributed by atoms with Crippen molar-refractivity contribution in [3.8, 4) is 55.9 Å². The van der Waals surface area contributed by atoms with Gasteiger partial charge in [0.15, 0.2) is 0 Å². The molecule has 56 heavy (non-hydrogen) atoms. The molecule has 0 aliphatic carbocycles. The second-order valence-electron chi connectivity index (χ2n) is 13.8. The van der Waals surface area contributed by atoms with Crippen molar-refractivity contribution in [2.75, 3.05) is 7.11 Å². The Morgan fingerprint density at radius 2 is 0.750 bits per heavy atom. The fourth-order valence-corrected chi connectivity index (χ4v) is 7.96. The van der Waals surface area contributed by atoms with Crippen molar-refractivity contribution in [1.82, 2.24) is 19.5 Å². The second-order valence-corrected chi connectivity index (χ2v) is 13.8. The van der Waals surface area contributed by atoms with Crippen LogP contribution in [0, 0.1) is 0 Å². The van der Waals surface area contributed by atoms with Crippen molar-refractivity contribution in [2.45, 2.75) is 0 Å². The van der Waals surface area contributed by atoms with E-state index in [4.69, 9.17) is 14.7 Å². The second kappa shape index (κ2) is 14.0. The van der Waals surface area contributed by atoms with Crippen molar-refractivity contribution in [1.29, 1.82) is 0 Å². The van der Waals surface area contributed by atoms with Gasteiger partial charge in [-0.3, -0.25) is 0 Å². The van der Waals surface area contributed by atoms with E-state index in [0.717, 1.165) is 101 Å². The fraction of sp³-hybridized carbons (Fsp3) is 0.0196. The summed E-state index contributed by atoms with van der Waals surface area (Å²) in [6.07, 6.45) is 8.60. The average molecular weight is 721 g/mol. The molecule has 0 saturated carbocycles. The topological polar surface area (TPSA) is 55.7 Å². The lowest BCUT2D eigenvalue weighted by molar-refractivity contribution is 0.415. The lowest BCUT2D eigenvalue weighted by Crippen LogP contribution is -1.98. The number of nitrogens with one attached hydrogen (secondary N) is 1. The highest BCUT2D eigenvalue weighted by atomic mass is 16.5. The summed E-state index contributed by atoms with van der Waals surface area (Å²) in [5, 5.41) is 0. The Hall–Kier alpha value is -7.50. The Morgan fingerprint density at radius 3 is 1.12 bits per heavy atom. The van der Waals surface area contributed by atoms with Crippen LogP contribution in [0.5, 0.6) is 5.75 Å². The molecule has 266 valence electrons. The first-order valence-electron chi connectivity index (χ1n) is 18.8. The molecule has 0 spiro atoms. The van der Waals surface area contributed by atoms with Crippen LogP contribution in [0.4, 0.5) is 0 Å². The van der Waals surface area contributed by atoms with Crippen molar-refractivity contribution in [3.63, 3.8) is 0 Å². The zero-order chi connectivity index (χ0) is 37.4. The van der Waals surface area contributed by atoms with Crippen LogP contribution in [0.25, 0.3) is 96.6 Å². The summed E-state index contributed by atoms with van der Waals surface area (Å²) in [6.45, 7) is 0. The van der Waals surface area contributed by atoms with E-state index in [-0.39, 0.29) is 0 Å². The van der Waals surface area contributed by atoms with Crippen molar-refractivity contribution < 1.29 is 4.74 Å². The SMILES string of the molecule is COc1ccc(-n2c3ccc2c(-c2ccccc2)c2nc(c(-c4ccccc4)c4ccc([nH]4)c(-c4ccccc4)c4nc(c3-c3ccccc3)C=C4)C=C2)cc1. The number of H-pyrrole nitrogens is 1. The van der Waals surface area contributed by atoms with Gasteiger partial charge in [-0.1, -0.05) is 121 Å². The summed E-state index contributed by atoms with van der Waals surface area (Å²) in [5.41, 5.74) is 16.9. The molecule has 0 fully saturated rings. The third-order valence-corrected chi connectivity index (χ3v) is 10.5. The van der Waals surface area contributed by atoms with Gasteiger partial charge in [-0.15, -0.1) is 0 Å². The van der Waals surface area contributed by atoms with Crippen LogP contribution in [0.3, 0.4) is 0 Å². The van der Waals surface area contributed by atoms with E-state index in [2.05, 4.69) is 192 Å². The van der Waals surface area contributed by atoms with E-state index < -0.39 is 0 Å². The molecule has 5 aromatic carbocycles. The molecule has 0 unspecified atom stereocenters. The molecule has 8 bridgehead atoms. The largest absolute Gasteiger partial charge is 0.497 e. The Morgan fingerprint density at radius 1 is 0.393 bits per heavy atom. The molecule has 0 atom stereocenters. The summed E-state index contributed by atoms with van der Waals surface area (Å²) in [6, 6.07) is 59.2. The van der Waals surface area contributed by atoms with Gasteiger partial charge in [0.1, 0.15) is 5.75 Å². The minimum absolute atomic E-state index is 0.794. The van der Waals surface area contributed by atoms with Crippen LogP contribution >= 0.6 is 0 Å². The van der Waals surface area contributed by atoms with Gasteiger partial charge in [0, 0.05) is 39.0 Å². The summed E-state index contributed by atoms with van der Waals surface area (Å²) < 4.78 is 7.97. The lowest BCUT2D eigenvalue weighted by atomic mass is 10.0. The Bertz CT molecular complexity index is 2780. The normalized spacial score (nSPS) is 11.9. The van der Waals surface area contributed by atoms with Crippen LogP contribution in [-0.4, -0.2) is 26.6 Å². The summed E-state index contributed by atoms with van der Waals surface area (Å²) in [4.78, 5) is 14.8. The fourth-order valence-electron chi connectivity index (χ4n) is 7.96. The van der Waals surface area contributed by atoms with E-state index in [1.54, 1.807) is 7.11 Å². The molecular weight excluding hydrogens is 685 g/mol. The first-order chi connectivity index (χ1) is 27.7. The van der Waals surface area contributed by atoms with Gasteiger partial charge in [-0.05, 0) is 95.1 Å². The van der Waals surface area contributed by atoms with Crippen LogP contribution in [0.2, 0.25) is 0 Å². The lowest BCUT2D eigenvalue weighted by Gasteiger charge is -2.14.